The fourth-order valence-corrected chi connectivity index (χ4v) is 1.44. The molecule has 1 aliphatic heterocycles. The predicted molar refractivity (Wildman–Crippen MR) is 59.1 cm³/mol. The van der Waals surface area contributed by atoms with Crippen LogP contribution in [-0.2, 0) is 4.79 Å². The fourth-order valence-electron chi connectivity index (χ4n) is 1.44. The Morgan fingerprint density at radius 3 is 2.94 bits per heavy atom. The monoisotopic (exact) mass is 216 g/mol. The smallest absolute Gasteiger partial charge is 0.233 e. The zero-order valence-corrected chi connectivity index (χ0v) is 9.20. The first kappa shape index (κ1) is 10.5. The van der Waals surface area contributed by atoms with Gasteiger partial charge in [0.15, 0.2) is 0 Å². The highest BCUT2D eigenvalue weighted by molar-refractivity contribution is 5.97. The molecule has 0 atom stereocenters. The van der Waals surface area contributed by atoms with Crippen LogP contribution in [0, 0.1) is 16.7 Å². The molecule has 1 aliphatic rings. The van der Waals surface area contributed by atoms with Crippen LogP contribution in [0.25, 0.3) is 0 Å². The van der Waals surface area contributed by atoms with Crippen LogP contribution in [0.3, 0.4) is 0 Å². The molecule has 0 spiro atoms. The van der Waals surface area contributed by atoms with Crippen LogP contribution in [-0.4, -0.2) is 12.5 Å². The number of rotatable bonds is 0. The Morgan fingerprint density at radius 1 is 1.50 bits per heavy atom. The maximum absolute atomic E-state index is 11.8. The maximum Gasteiger partial charge on any atom is 0.233 e. The molecule has 2 rings (SSSR count). The minimum absolute atomic E-state index is 0.0960. The van der Waals surface area contributed by atoms with Gasteiger partial charge in [-0.25, -0.2) is 0 Å². The van der Waals surface area contributed by atoms with Crippen molar-refractivity contribution < 1.29 is 9.53 Å². The molecule has 0 saturated heterocycles. The first-order chi connectivity index (χ1) is 7.53. The van der Waals surface area contributed by atoms with E-state index in [1.54, 1.807) is 18.2 Å². The highest BCUT2D eigenvalue weighted by atomic mass is 16.5. The number of fused-ring (bicyclic) bond motifs is 1. The fraction of sp³-hybridized carbons (Fsp3) is 0.333. The topological polar surface area (TPSA) is 62.1 Å². The Labute approximate surface area is 93.8 Å². The SMILES string of the molecule is CC1(C)COc2ccc(C#N)cc2NC1=O. The lowest BCUT2D eigenvalue weighted by atomic mass is 9.94. The van der Waals surface area contributed by atoms with Gasteiger partial charge in [-0.15, -0.1) is 0 Å². The molecule has 1 heterocycles. The molecule has 0 radical (unpaired) electrons. The van der Waals surface area contributed by atoms with Crippen molar-refractivity contribution in [2.45, 2.75) is 13.8 Å². The maximum atomic E-state index is 11.8. The number of ether oxygens (including phenoxy) is 1. The molecular weight excluding hydrogens is 204 g/mol. The third-order valence-electron chi connectivity index (χ3n) is 2.56. The Bertz CT molecular complexity index is 486. The molecule has 1 aromatic carbocycles. The molecular formula is C12H12N2O2. The largest absolute Gasteiger partial charge is 0.490 e. The summed E-state index contributed by atoms with van der Waals surface area (Å²) in [6.07, 6.45) is 0. The van der Waals surface area contributed by atoms with Crippen molar-refractivity contribution >= 4 is 11.6 Å². The van der Waals surface area contributed by atoms with E-state index in [0.29, 0.717) is 23.6 Å². The number of amides is 1. The van der Waals surface area contributed by atoms with Gasteiger partial charge in [0.1, 0.15) is 12.4 Å². The average Bonchev–Trinajstić information content (AvgIpc) is 2.36. The number of hydrogen-bond acceptors (Lipinski definition) is 3. The van der Waals surface area contributed by atoms with Crippen LogP contribution in [0.4, 0.5) is 5.69 Å². The molecule has 0 unspecified atom stereocenters. The lowest BCUT2D eigenvalue weighted by molar-refractivity contribution is -0.124. The number of hydrogen-bond donors (Lipinski definition) is 1. The summed E-state index contributed by atoms with van der Waals surface area (Å²) in [6, 6.07) is 7.02. The van der Waals surface area contributed by atoms with Crippen LogP contribution in [0.5, 0.6) is 5.75 Å². The Morgan fingerprint density at radius 2 is 2.25 bits per heavy atom. The van der Waals surface area contributed by atoms with Gasteiger partial charge in [0.05, 0.1) is 22.7 Å². The average molecular weight is 216 g/mol. The van der Waals surface area contributed by atoms with E-state index in [1.165, 1.54) is 0 Å². The van der Waals surface area contributed by atoms with Gasteiger partial charge >= 0.3 is 0 Å². The van der Waals surface area contributed by atoms with Crippen LogP contribution in [0.15, 0.2) is 18.2 Å². The van der Waals surface area contributed by atoms with Crippen LogP contribution < -0.4 is 10.1 Å². The van der Waals surface area contributed by atoms with Gasteiger partial charge in [0, 0.05) is 0 Å². The zero-order chi connectivity index (χ0) is 11.8. The molecule has 0 bridgehead atoms. The minimum Gasteiger partial charge on any atom is -0.490 e. The van der Waals surface area contributed by atoms with Gasteiger partial charge in [-0.2, -0.15) is 5.26 Å². The number of nitrogens with zero attached hydrogens (tertiary/aromatic N) is 1. The van der Waals surface area contributed by atoms with Crippen molar-refractivity contribution in [2.24, 2.45) is 5.41 Å². The molecule has 1 aromatic rings. The summed E-state index contributed by atoms with van der Waals surface area (Å²) in [5.74, 6) is 0.513. The van der Waals surface area contributed by atoms with Gasteiger partial charge in [-0.3, -0.25) is 4.79 Å². The zero-order valence-electron chi connectivity index (χ0n) is 9.20. The summed E-state index contributed by atoms with van der Waals surface area (Å²) in [6.45, 7) is 3.97. The van der Waals surface area contributed by atoms with Crippen LogP contribution >= 0.6 is 0 Å². The van der Waals surface area contributed by atoms with Crippen molar-refractivity contribution in [3.63, 3.8) is 0 Å². The predicted octanol–water partition coefficient (Wildman–Crippen LogP) is 1.92. The van der Waals surface area contributed by atoms with Gasteiger partial charge in [-0.05, 0) is 32.0 Å². The molecule has 16 heavy (non-hydrogen) atoms. The molecule has 0 aromatic heterocycles. The second-order valence-electron chi connectivity index (χ2n) is 4.45. The molecule has 1 N–H and O–H groups in total. The van der Waals surface area contributed by atoms with Gasteiger partial charge < -0.3 is 10.1 Å². The molecule has 4 heteroatoms. The summed E-state index contributed by atoms with van der Waals surface area (Å²) < 4.78 is 5.54. The highest BCUT2D eigenvalue weighted by Crippen LogP contribution is 2.32. The van der Waals surface area contributed by atoms with E-state index in [2.05, 4.69) is 5.32 Å². The Kier molecular flexibility index (Phi) is 2.31. The van der Waals surface area contributed by atoms with Crippen molar-refractivity contribution in [3.05, 3.63) is 23.8 Å². The van der Waals surface area contributed by atoms with Crippen molar-refractivity contribution in [1.29, 1.82) is 5.26 Å². The lowest BCUT2D eigenvalue weighted by Gasteiger charge is -2.18. The third-order valence-corrected chi connectivity index (χ3v) is 2.56. The van der Waals surface area contributed by atoms with E-state index in [4.69, 9.17) is 10.00 Å². The lowest BCUT2D eigenvalue weighted by Crippen LogP contribution is -2.33. The second kappa shape index (κ2) is 3.53. The summed E-state index contributed by atoms with van der Waals surface area (Å²) >= 11 is 0. The third kappa shape index (κ3) is 1.72. The first-order valence-electron chi connectivity index (χ1n) is 5.01. The Hall–Kier alpha value is -2.02. The number of anilines is 1. The van der Waals surface area contributed by atoms with E-state index in [1.807, 2.05) is 19.9 Å². The molecule has 0 aliphatic carbocycles. The van der Waals surface area contributed by atoms with E-state index in [0.717, 1.165) is 0 Å². The molecule has 82 valence electrons. The summed E-state index contributed by atoms with van der Waals surface area (Å²) in [5.41, 5.74) is 0.503. The summed E-state index contributed by atoms with van der Waals surface area (Å²) in [4.78, 5) is 11.8. The molecule has 0 saturated carbocycles. The van der Waals surface area contributed by atoms with Crippen molar-refractivity contribution in [2.75, 3.05) is 11.9 Å². The number of carbonyl (C=O) groups is 1. The summed E-state index contributed by atoms with van der Waals surface area (Å²) in [7, 11) is 0. The van der Waals surface area contributed by atoms with E-state index < -0.39 is 5.41 Å². The molecule has 1 amide bonds. The van der Waals surface area contributed by atoms with Crippen molar-refractivity contribution in [1.82, 2.24) is 0 Å². The van der Waals surface area contributed by atoms with Crippen LogP contribution in [0.1, 0.15) is 19.4 Å². The molecule has 4 nitrogen and oxygen atoms in total. The summed E-state index contributed by atoms with van der Waals surface area (Å²) in [5, 5.41) is 11.5. The van der Waals surface area contributed by atoms with Gasteiger partial charge in [-0.1, -0.05) is 0 Å². The highest BCUT2D eigenvalue weighted by Gasteiger charge is 2.32. The number of carbonyl (C=O) groups excluding carboxylic acids is 1. The standard InChI is InChI=1S/C12H12N2O2/c1-12(2)7-16-10-4-3-8(6-13)5-9(10)14-11(12)15/h3-5H,7H2,1-2H3,(H,14,15). The number of nitriles is 1. The van der Waals surface area contributed by atoms with Gasteiger partial charge in [0.2, 0.25) is 5.91 Å². The van der Waals surface area contributed by atoms with E-state index in [-0.39, 0.29) is 5.91 Å². The second-order valence-corrected chi connectivity index (χ2v) is 4.45. The Balaban J connectivity index is 2.42. The van der Waals surface area contributed by atoms with E-state index in [9.17, 15) is 4.79 Å². The van der Waals surface area contributed by atoms with E-state index >= 15 is 0 Å². The first-order valence-corrected chi connectivity index (χ1v) is 5.01. The quantitative estimate of drug-likeness (QED) is 0.720. The number of nitrogens with one attached hydrogen (secondary N) is 1. The van der Waals surface area contributed by atoms with Gasteiger partial charge in [0.25, 0.3) is 0 Å². The van der Waals surface area contributed by atoms with Crippen molar-refractivity contribution in [3.8, 4) is 11.8 Å². The normalized spacial score (nSPS) is 17.4. The minimum atomic E-state index is -0.564. The molecule has 0 fully saturated rings. The number of benzene rings is 1. The van der Waals surface area contributed by atoms with Crippen LogP contribution in [0.2, 0.25) is 0 Å².